The third-order valence-electron chi connectivity index (χ3n) is 2.65. The van der Waals surface area contributed by atoms with E-state index in [9.17, 15) is 10.1 Å². The van der Waals surface area contributed by atoms with E-state index < -0.39 is 0 Å². The van der Waals surface area contributed by atoms with Crippen molar-refractivity contribution in [1.29, 1.82) is 0 Å². The fraction of sp³-hybridized carbons (Fsp3) is 0.308. The van der Waals surface area contributed by atoms with E-state index in [0.717, 1.165) is 23.5 Å². The molecule has 0 aliphatic heterocycles. The number of nitrogens with zero attached hydrogens (tertiary/aromatic N) is 2. The average Bonchev–Trinajstić information content (AvgIpc) is 2.87. The molecule has 0 aliphatic carbocycles. The van der Waals surface area contributed by atoms with E-state index in [-0.39, 0.29) is 10.6 Å². The normalized spacial score (nSPS) is 10.6. The summed E-state index contributed by atoms with van der Waals surface area (Å²) in [6.45, 7) is 3.43. The zero-order valence-corrected chi connectivity index (χ0v) is 11.4. The predicted molar refractivity (Wildman–Crippen MR) is 75.1 cm³/mol. The largest absolute Gasteiger partial charge is 0.308 e. The van der Waals surface area contributed by atoms with Crippen LogP contribution < -0.4 is 5.32 Å². The number of benzene rings is 1. The van der Waals surface area contributed by atoms with Gasteiger partial charge in [0.15, 0.2) is 0 Å². The molecule has 5 nitrogen and oxygen atoms in total. The van der Waals surface area contributed by atoms with E-state index in [0.29, 0.717) is 6.54 Å². The number of nitro groups is 1. The van der Waals surface area contributed by atoms with Crippen LogP contribution in [0.15, 0.2) is 30.5 Å². The van der Waals surface area contributed by atoms with Crippen LogP contribution in [0.2, 0.25) is 0 Å². The lowest BCUT2D eigenvalue weighted by atomic mass is 10.2. The molecule has 0 radical (unpaired) electrons. The molecule has 0 amide bonds. The van der Waals surface area contributed by atoms with Crippen molar-refractivity contribution in [2.75, 3.05) is 0 Å². The number of aryl methyl sites for hydroxylation is 1. The topological polar surface area (TPSA) is 68.1 Å². The molecule has 1 N–H and O–H groups in total. The highest BCUT2D eigenvalue weighted by atomic mass is 32.1. The van der Waals surface area contributed by atoms with Crippen molar-refractivity contribution < 1.29 is 4.92 Å². The molecule has 1 aromatic heterocycles. The van der Waals surface area contributed by atoms with Gasteiger partial charge in [-0.25, -0.2) is 4.98 Å². The summed E-state index contributed by atoms with van der Waals surface area (Å²) in [6, 6.07) is 6.68. The van der Waals surface area contributed by atoms with E-state index in [2.05, 4.69) is 17.2 Å². The van der Waals surface area contributed by atoms with Gasteiger partial charge in [0.1, 0.15) is 0 Å². The Labute approximate surface area is 115 Å². The van der Waals surface area contributed by atoms with Crippen LogP contribution in [0.3, 0.4) is 0 Å². The fourth-order valence-electron chi connectivity index (χ4n) is 1.70. The van der Waals surface area contributed by atoms with Gasteiger partial charge in [0, 0.05) is 36.3 Å². The summed E-state index contributed by atoms with van der Waals surface area (Å²) >= 11 is 1.69. The second-order valence-corrected chi connectivity index (χ2v) is 5.30. The number of nitro benzene ring substituents is 1. The first kappa shape index (κ1) is 13.6. The Kier molecular flexibility index (Phi) is 4.59. The minimum Gasteiger partial charge on any atom is -0.308 e. The zero-order chi connectivity index (χ0) is 13.7. The highest BCUT2D eigenvalue weighted by molar-refractivity contribution is 7.11. The Morgan fingerprint density at radius 3 is 2.95 bits per heavy atom. The van der Waals surface area contributed by atoms with Gasteiger partial charge in [0.05, 0.1) is 9.93 Å². The van der Waals surface area contributed by atoms with Crippen LogP contribution in [0.5, 0.6) is 0 Å². The van der Waals surface area contributed by atoms with Gasteiger partial charge in [-0.3, -0.25) is 10.1 Å². The van der Waals surface area contributed by atoms with E-state index in [1.165, 1.54) is 10.9 Å². The van der Waals surface area contributed by atoms with Gasteiger partial charge < -0.3 is 5.32 Å². The van der Waals surface area contributed by atoms with Gasteiger partial charge in [0.25, 0.3) is 5.69 Å². The van der Waals surface area contributed by atoms with E-state index >= 15 is 0 Å². The molecular weight excluding hydrogens is 262 g/mol. The predicted octanol–water partition coefficient (Wildman–Crippen LogP) is 2.90. The summed E-state index contributed by atoms with van der Waals surface area (Å²) < 4.78 is 0. The molecule has 1 aromatic carbocycles. The number of hydrogen-bond acceptors (Lipinski definition) is 5. The molecule has 0 atom stereocenters. The Morgan fingerprint density at radius 1 is 1.42 bits per heavy atom. The summed E-state index contributed by atoms with van der Waals surface area (Å²) in [6.07, 6.45) is 2.83. The number of rotatable bonds is 6. The lowest BCUT2D eigenvalue weighted by Crippen LogP contribution is -2.11. The van der Waals surface area contributed by atoms with Crippen molar-refractivity contribution in [3.8, 4) is 0 Å². The van der Waals surface area contributed by atoms with Crippen LogP contribution in [-0.4, -0.2) is 9.91 Å². The molecule has 2 rings (SSSR count). The number of nitrogens with one attached hydrogen (secondary N) is 1. The average molecular weight is 277 g/mol. The standard InChI is InChI=1S/C13H15N3O2S/c1-2-13-15-9-12(19-13)8-14-7-10-4-3-5-11(6-10)16(17)18/h3-6,9,14H,2,7-8H2,1H3. The minimum absolute atomic E-state index is 0.130. The number of thiazole rings is 1. The minimum atomic E-state index is -0.375. The summed E-state index contributed by atoms with van der Waals surface area (Å²) in [5, 5.41) is 15.1. The molecule has 0 aliphatic rings. The van der Waals surface area contributed by atoms with Crippen molar-refractivity contribution in [1.82, 2.24) is 10.3 Å². The molecule has 100 valence electrons. The van der Waals surface area contributed by atoms with Crippen molar-refractivity contribution in [3.05, 3.63) is 56.0 Å². The maximum Gasteiger partial charge on any atom is 0.269 e. The smallest absolute Gasteiger partial charge is 0.269 e. The number of hydrogen-bond donors (Lipinski definition) is 1. The third kappa shape index (κ3) is 3.84. The first-order chi connectivity index (χ1) is 9.19. The van der Waals surface area contributed by atoms with Crippen LogP contribution in [-0.2, 0) is 19.5 Å². The molecule has 0 saturated heterocycles. The van der Waals surface area contributed by atoms with Crippen molar-refractivity contribution in [2.45, 2.75) is 26.4 Å². The lowest BCUT2D eigenvalue weighted by molar-refractivity contribution is -0.384. The molecule has 0 spiro atoms. The molecule has 0 unspecified atom stereocenters. The summed E-state index contributed by atoms with van der Waals surface area (Å²) in [5.41, 5.74) is 1.04. The van der Waals surface area contributed by atoms with Gasteiger partial charge in [-0.05, 0) is 12.0 Å². The van der Waals surface area contributed by atoms with Gasteiger partial charge in [-0.2, -0.15) is 0 Å². The fourth-order valence-corrected chi connectivity index (χ4v) is 2.54. The number of aromatic nitrogens is 1. The Balaban J connectivity index is 1.88. The van der Waals surface area contributed by atoms with E-state index in [4.69, 9.17) is 0 Å². The second-order valence-electron chi connectivity index (χ2n) is 4.10. The zero-order valence-electron chi connectivity index (χ0n) is 10.6. The third-order valence-corrected chi connectivity index (χ3v) is 3.80. The molecule has 19 heavy (non-hydrogen) atoms. The van der Waals surface area contributed by atoms with E-state index in [1.54, 1.807) is 23.5 Å². The quantitative estimate of drug-likeness (QED) is 0.651. The SMILES string of the molecule is CCc1ncc(CNCc2cccc([N+](=O)[O-])c2)s1. The van der Waals surface area contributed by atoms with Gasteiger partial charge >= 0.3 is 0 Å². The summed E-state index contributed by atoms with van der Waals surface area (Å²) in [4.78, 5) is 15.8. The second kappa shape index (κ2) is 6.40. The number of non-ortho nitro benzene ring substituents is 1. The molecule has 6 heteroatoms. The van der Waals surface area contributed by atoms with Gasteiger partial charge in [-0.1, -0.05) is 19.1 Å². The molecular formula is C13H15N3O2S. The van der Waals surface area contributed by atoms with Crippen molar-refractivity contribution >= 4 is 17.0 Å². The molecule has 0 fully saturated rings. The van der Waals surface area contributed by atoms with Crippen LogP contribution in [0.1, 0.15) is 22.4 Å². The maximum atomic E-state index is 10.7. The van der Waals surface area contributed by atoms with Crippen LogP contribution >= 0.6 is 11.3 Å². The van der Waals surface area contributed by atoms with Crippen molar-refractivity contribution in [2.24, 2.45) is 0 Å². The van der Waals surface area contributed by atoms with Crippen LogP contribution in [0.25, 0.3) is 0 Å². The maximum absolute atomic E-state index is 10.7. The highest BCUT2D eigenvalue weighted by Crippen LogP contribution is 2.15. The first-order valence-corrected chi connectivity index (χ1v) is 6.88. The Bertz CT molecular complexity index is 569. The van der Waals surface area contributed by atoms with E-state index in [1.807, 2.05) is 12.3 Å². The molecule has 0 bridgehead atoms. The van der Waals surface area contributed by atoms with Crippen molar-refractivity contribution in [3.63, 3.8) is 0 Å². The lowest BCUT2D eigenvalue weighted by Gasteiger charge is -2.03. The van der Waals surface area contributed by atoms with Gasteiger partial charge in [0.2, 0.25) is 0 Å². The molecule has 2 aromatic rings. The molecule has 0 saturated carbocycles. The summed E-state index contributed by atoms with van der Waals surface area (Å²) in [7, 11) is 0. The monoisotopic (exact) mass is 277 g/mol. The highest BCUT2D eigenvalue weighted by Gasteiger charge is 2.05. The Morgan fingerprint density at radius 2 is 2.26 bits per heavy atom. The van der Waals surface area contributed by atoms with Gasteiger partial charge in [-0.15, -0.1) is 11.3 Å². The van der Waals surface area contributed by atoms with Crippen LogP contribution in [0.4, 0.5) is 5.69 Å². The summed E-state index contributed by atoms with van der Waals surface area (Å²) in [5.74, 6) is 0. The Hall–Kier alpha value is -1.79. The molecule has 1 heterocycles. The van der Waals surface area contributed by atoms with Crippen LogP contribution in [0, 0.1) is 10.1 Å². The first-order valence-electron chi connectivity index (χ1n) is 6.06.